The molecule has 2 nitrogen and oxygen atoms in total. The van der Waals surface area contributed by atoms with Gasteiger partial charge in [0.1, 0.15) is 0 Å². The van der Waals surface area contributed by atoms with Gasteiger partial charge in [0.2, 0.25) is 0 Å². The second-order valence-corrected chi connectivity index (χ2v) is 30.8. The highest BCUT2D eigenvalue weighted by molar-refractivity contribution is 6.27. The third-order valence-corrected chi connectivity index (χ3v) is 24.2. The summed E-state index contributed by atoms with van der Waals surface area (Å²) in [5, 5.41) is 27.6. The fraction of sp³-hybridized carbons (Fsp3) is 0. The predicted octanol–water partition coefficient (Wildman–Crippen LogP) is 33.0. The van der Waals surface area contributed by atoms with Gasteiger partial charge < -0.3 is 9.80 Å². The Labute approximate surface area is 685 Å². The molecule has 0 N–H and O–H groups in total. The molecule has 0 heterocycles. The molecule has 23 rings (SSSR count). The third kappa shape index (κ3) is 12.0. The molecule has 0 bridgehead atoms. The molecule has 0 amide bonds. The highest BCUT2D eigenvalue weighted by Crippen LogP contribution is 2.51. The van der Waals surface area contributed by atoms with Crippen molar-refractivity contribution < 1.29 is 0 Å². The van der Waals surface area contributed by atoms with E-state index in [1.54, 1.807) is 0 Å². The van der Waals surface area contributed by atoms with E-state index in [2.05, 4.69) is 471 Å². The van der Waals surface area contributed by atoms with E-state index in [0.29, 0.717) is 0 Å². The van der Waals surface area contributed by atoms with Crippen LogP contribution >= 0.6 is 0 Å². The molecule has 0 aromatic heterocycles. The van der Waals surface area contributed by atoms with Gasteiger partial charge >= 0.3 is 0 Å². The van der Waals surface area contributed by atoms with Gasteiger partial charge in [0, 0.05) is 33.5 Å². The Morgan fingerprint density at radius 1 is 0.119 bits per heavy atom. The first-order valence-corrected chi connectivity index (χ1v) is 40.8. The summed E-state index contributed by atoms with van der Waals surface area (Å²) in [6, 6.07) is 169. The molecular formula is C116H76N2. The van der Waals surface area contributed by atoms with E-state index in [9.17, 15) is 0 Å². The molecule has 0 saturated carbocycles. The van der Waals surface area contributed by atoms with E-state index < -0.39 is 0 Å². The standard InChI is InChI=1S/C58H37N.C58H39N/c1-2-16-38(17-3-1)57-53-28-14-11-24-48(53)49-25-12-15-29-54(49)58(57)39-30-32-41(33-31-39)59(56-36-40-18-4-5-19-43(40)44-20-10-13-27-52(44)56)42-34-35-51-47-23-7-6-21-45(47)46-22-8-9-26-50(46)55(51)37-42;1-3-17-40(18-4-1)47-22-9-10-23-48(47)41-31-35-45(36-32-41)59(56-39-44-21-7-8-24-49(44)50-25-11-14-28-53(50)56)46-37-33-43(34-38-46)58-55-30-16-13-27-52(55)51-26-12-15-29-54(51)57(58)42-19-5-2-6-20-42/h1-37H;1-39H. The zero-order valence-electron chi connectivity index (χ0n) is 64.8. The fourth-order valence-corrected chi connectivity index (χ4v) is 19.0. The van der Waals surface area contributed by atoms with Crippen LogP contribution < -0.4 is 9.80 Å². The SMILES string of the molecule is c1ccc(-c2c(-c3ccc(N(c4ccc5c6ccccc6c6ccccc6c5c4)c4cc5ccccc5c5ccccc45)cc3)c3ccccc3c3ccccc23)cc1.c1ccc(-c2ccccc2-c2ccc(N(c3ccc(-c4c(-c5ccccc5)c5ccccc5c5ccccc45)cc3)c3cc4ccccc4c4ccccc34)cc2)cc1. The fourth-order valence-electron chi connectivity index (χ4n) is 19.0. The number of anilines is 6. The number of benzene rings is 23. The zero-order chi connectivity index (χ0) is 78.0. The van der Waals surface area contributed by atoms with E-state index in [1.165, 1.54) is 185 Å². The first kappa shape index (κ1) is 69.3. The van der Waals surface area contributed by atoms with E-state index in [0.717, 1.165) is 34.1 Å². The summed E-state index contributed by atoms with van der Waals surface area (Å²) in [7, 11) is 0. The van der Waals surface area contributed by atoms with Gasteiger partial charge in [-0.2, -0.15) is 0 Å². The lowest BCUT2D eigenvalue weighted by Gasteiger charge is -2.28. The van der Waals surface area contributed by atoms with Crippen LogP contribution in [0.3, 0.4) is 0 Å². The summed E-state index contributed by atoms with van der Waals surface area (Å²) in [5.74, 6) is 0. The van der Waals surface area contributed by atoms with Crippen molar-refractivity contribution in [2.45, 2.75) is 0 Å². The van der Waals surface area contributed by atoms with Crippen LogP contribution in [-0.2, 0) is 0 Å². The number of fused-ring (bicyclic) bond motifs is 18. The molecular weight excluding hydrogens is 1420 g/mol. The van der Waals surface area contributed by atoms with Gasteiger partial charge in [0.15, 0.2) is 0 Å². The van der Waals surface area contributed by atoms with Crippen molar-refractivity contribution in [3.63, 3.8) is 0 Å². The Bertz CT molecular complexity index is 7790. The van der Waals surface area contributed by atoms with Gasteiger partial charge in [-0.05, 0) is 235 Å². The van der Waals surface area contributed by atoms with Crippen molar-refractivity contribution in [2.75, 3.05) is 9.80 Å². The summed E-state index contributed by atoms with van der Waals surface area (Å²) < 4.78 is 0. The molecule has 2 heteroatoms. The van der Waals surface area contributed by atoms with Crippen molar-refractivity contribution >= 4 is 153 Å². The molecule has 0 fully saturated rings. The minimum atomic E-state index is 1.10. The van der Waals surface area contributed by atoms with Crippen LogP contribution in [0.1, 0.15) is 0 Å². The highest BCUT2D eigenvalue weighted by Gasteiger charge is 2.25. The zero-order valence-corrected chi connectivity index (χ0v) is 64.8. The quantitative estimate of drug-likeness (QED) is 0.113. The minimum absolute atomic E-state index is 1.10. The first-order chi connectivity index (χ1) is 58.6. The molecule has 0 aliphatic rings. The van der Waals surface area contributed by atoms with E-state index in [1.807, 2.05) is 0 Å². The second-order valence-electron chi connectivity index (χ2n) is 30.8. The summed E-state index contributed by atoms with van der Waals surface area (Å²) in [6.45, 7) is 0. The molecule has 118 heavy (non-hydrogen) atoms. The Balaban J connectivity index is 0.000000142. The van der Waals surface area contributed by atoms with E-state index >= 15 is 0 Å². The second kappa shape index (κ2) is 29.5. The molecule has 0 saturated heterocycles. The molecule has 0 unspecified atom stereocenters. The van der Waals surface area contributed by atoms with Crippen molar-refractivity contribution in [3.8, 4) is 66.8 Å². The lowest BCUT2D eigenvalue weighted by atomic mass is 9.85. The molecule has 0 radical (unpaired) electrons. The first-order valence-electron chi connectivity index (χ1n) is 40.8. The maximum atomic E-state index is 2.47. The average molecular weight is 1500 g/mol. The Morgan fingerprint density at radius 2 is 0.331 bits per heavy atom. The van der Waals surface area contributed by atoms with Gasteiger partial charge in [-0.3, -0.25) is 0 Å². The number of rotatable bonds is 12. The van der Waals surface area contributed by atoms with Crippen LogP contribution in [0, 0.1) is 0 Å². The summed E-state index contributed by atoms with van der Waals surface area (Å²) in [5.41, 5.74) is 21.4. The Morgan fingerprint density at radius 3 is 0.678 bits per heavy atom. The molecule has 0 aliphatic heterocycles. The van der Waals surface area contributed by atoms with Crippen LogP contribution in [0.4, 0.5) is 34.1 Å². The summed E-state index contributed by atoms with van der Waals surface area (Å²) in [6.07, 6.45) is 0. The average Bonchev–Trinajstić information content (AvgIpc) is 0.742. The molecule has 0 spiro atoms. The van der Waals surface area contributed by atoms with Gasteiger partial charge in [-0.15, -0.1) is 0 Å². The number of nitrogens with zero attached hydrogens (tertiary/aromatic N) is 2. The molecule has 23 aromatic rings. The maximum Gasteiger partial charge on any atom is 0.0546 e. The third-order valence-electron chi connectivity index (χ3n) is 24.2. The van der Waals surface area contributed by atoms with Gasteiger partial charge in [-0.25, -0.2) is 0 Å². The van der Waals surface area contributed by atoms with Crippen LogP contribution in [0.15, 0.2) is 461 Å². The van der Waals surface area contributed by atoms with E-state index in [4.69, 9.17) is 0 Å². The molecule has 0 aliphatic carbocycles. The lowest BCUT2D eigenvalue weighted by molar-refractivity contribution is 1.30. The van der Waals surface area contributed by atoms with Crippen LogP contribution in [-0.4, -0.2) is 0 Å². The minimum Gasteiger partial charge on any atom is -0.310 e. The predicted molar refractivity (Wildman–Crippen MR) is 507 cm³/mol. The molecule has 550 valence electrons. The lowest BCUT2D eigenvalue weighted by Crippen LogP contribution is -2.11. The van der Waals surface area contributed by atoms with Gasteiger partial charge in [-0.1, -0.05) is 400 Å². The Hall–Kier alpha value is -15.5. The summed E-state index contributed by atoms with van der Waals surface area (Å²) in [4.78, 5) is 4.90. The van der Waals surface area contributed by atoms with Crippen molar-refractivity contribution in [1.29, 1.82) is 0 Å². The highest BCUT2D eigenvalue weighted by atomic mass is 15.1. The number of hydrogen-bond donors (Lipinski definition) is 0. The largest absolute Gasteiger partial charge is 0.310 e. The molecule has 0 atom stereocenters. The smallest absolute Gasteiger partial charge is 0.0546 e. The Kier molecular flexibility index (Phi) is 17.3. The van der Waals surface area contributed by atoms with Crippen molar-refractivity contribution in [2.24, 2.45) is 0 Å². The van der Waals surface area contributed by atoms with Crippen LogP contribution in [0.25, 0.3) is 185 Å². The maximum absolute atomic E-state index is 2.47. The topological polar surface area (TPSA) is 6.48 Å². The molecule has 23 aromatic carbocycles. The van der Waals surface area contributed by atoms with Gasteiger partial charge in [0.05, 0.1) is 11.4 Å². The summed E-state index contributed by atoms with van der Waals surface area (Å²) >= 11 is 0. The van der Waals surface area contributed by atoms with Crippen LogP contribution in [0.5, 0.6) is 0 Å². The van der Waals surface area contributed by atoms with Crippen molar-refractivity contribution in [3.05, 3.63) is 461 Å². The van der Waals surface area contributed by atoms with Crippen molar-refractivity contribution in [1.82, 2.24) is 0 Å². The van der Waals surface area contributed by atoms with Gasteiger partial charge in [0.25, 0.3) is 0 Å². The van der Waals surface area contributed by atoms with Crippen LogP contribution in [0.2, 0.25) is 0 Å². The number of hydrogen-bond acceptors (Lipinski definition) is 2. The monoisotopic (exact) mass is 1500 g/mol. The van der Waals surface area contributed by atoms with E-state index in [-0.39, 0.29) is 0 Å². The normalized spacial score (nSPS) is 11.6.